The Morgan fingerprint density at radius 2 is 1.71 bits per heavy atom. The molecule has 0 aromatic rings. The van der Waals surface area contributed by atoms with Crippen molar-refractivity contribution in [1.82, 2.24) is 5.32 Å². The van der Waals surface area contributed by atoms with Gasteiger partial charge in [-0.25, -0.2) is 4.79 Å². The van der Waals surface area contributed by atoms with Gasteiger partial charge in [0.1, 0.15) is 0 Å². The lowest BCUT2D eigenvalue weighted by Gasteiger charge is -2.34. The maximum atomic E-state index is 12.7. The zero-order chi connectivity index (χ0) is 19.3. The minimum Gasteiger partial charge on any atom is -0.467 e. The summed E-state index contributed by atoms with van der Waals surface area (Å²) in [5.41, 5.74) is 7.76. The number of hydrogen-bond acceptors (Lipinski definition) is 8. The van der Waals surface area contributed by atoms with Crippen LogP contribution in [0.15, 0.2) is 0 Å². The number of methoxy groups -OCH3 is 1. The minimum absolute atomic E-state index is 0.137. The minimum atomic E-state index is -2.06. The normalized spacial score (nSPS) is 15.4. The van der Waals surface area contributed by atoms with E-state index in [1.54, 1.807) is 13.8 Å². The fraction of sp³-hybridized carbons (Fsp3) is 0.733. The maximum Gasteiger partial charge on any atom is 0.335 e. The van der Waals surface area contributed by atoms with Gasteiger partial charge in [0.05, 0.1) is 17.9 Å². The van der Waals surface area contributed by atoms with Gasteiger partial charge in [-0.1, -0.05) is 25.6 Å². The van der Waals surface area contributed by atoms with Crippen molar-refractivity contribution in [1.29, 1.82) is 0 Å². The number of carbonyl (C=O) groups excluding carboxylic acids is 4. The maximum absolute atomic E-state index is 12.7. The van der Waals surface area contributed by atoms with Crippen molar-refractivity contribution >= 4 is 34.5 Å². The zero-order valence-electron chi connectivity index (χ0n) is 15.0. The van der Waals surface area contributed by atoms with E-state index < -0.39 is 40.5 Å². The average molecular weight is 361 g/mol. The van der Waals surface area contributed by atoms with Crippen molar-refractivity contribution in [3.8, 4) is 0 Å². The number of carbonyl (C=O) groups is 4. The largest absolute Gasteiger partial charge is 0.467 e. The zero-order valence-corrected chi connectivity index (χ0v) is 15.8. The molecule has 0 saturated carbocycles. The summed E-state index contributed by atoms with van der Waals surface area (Å²) in [7, 11) is 1.09. The van der Waals surface area contributed by atoms with Gasteiger partial charge in [-0.3, -0.25) is 14.4 Å². The van der Waals surface area contributed by atoms with E-state index in [2.05, 4.69) is 10.1 Å². The van der Waals surface area contributed by atoms with Gasteiger partial charge in [0.25, 0.3) is 0 Å². The SMILES string of the molecule is COC(=O)C(N)(CN)C(=O)C(C)(C)NC(=O)C(SC(C)=O)C(C)C. The number of hydrogen-bond donors (Lipinski definition) is 3. The number of ketones is 1. The first-order chi connectivity index (χ1) is 10.8. The van der Waals surface area contributed by atoms with Crippen molar-refractivity contribution < 1.29 is 23.9 Å². The highest BCUT2D eigenvalue weighted by atomic mass is 32.2. The highest BCUT2D eigenvalue weighted by Gasteiger charge is 2.49. The second-order valence-electron chi connectivity index (χ2n) is 6.38. The standard InChI is InChI=1S/C15H27N3O5S/c1-8(2)10(24-9(3)19)11(20)18-14(4,5)12(21)15(17,7-16)13(22)23-6/h8,10H,7,16-17H2,1-6H3,(H,18,20). The molecule has 1 amide bonds. The first-order valence-electron chi connectivity index (χ1n) is 7.45. The van der Waals surface area contributed by atoms with Crippen LogP contribution < -0.4 is 16.8 Å². The molecule has 2 atom stereocenters. The second-order valence-corrected chi connectivity index (χ2v) is 7.70. The van der Waals surface area contributed by atoms with Crippen LogP contribution in [0.25, 0.3) is 0 Å². The summed E-state index contributed by atoms with van der Waals surface area (Å²) < 4.78 is 4.54. The Kier molecular flexibility index (Phi) is 8.07. The van der Waals surface area contributed by atoms with E-state index in [1.807, 2.05) is 0 Å². The van der Waals surface area contributed by atoms with Gasteiger partial charge in [-0.15, -0.1) is 0 Å². The number of ether oxygens (including phenoxy) is 1. The van der Waals surface area contributed by atoms with Crippen molar-refractivity contribution in [2.45, 2.75) is 50.9 Å². The molecule has 0 radical (unpaired) electrons. The molecule has 0 aliphatic rings. The van der Waals surface area contributed by atoms with Crippen molar-refractivity contribution in [3.05, 3.63) is 0 Å². The van der Waals surface area contributed by atoms with E-state index in [-0.39, 0.29) is 11.0 Å². The van der Waals surface area contributed by atoms with Crippen LogP contribution in [0.3, 0.4) is 0 Å². The molecule has 0 saturated heterocycles. The molecule has 24 heavy (non-hydrogen) atoms. The molecule has 2 unspecified atom stereocenters. The Morgan fingerprint density at radius 3 is 2.04 bits per heavy atom. The van der Waals surface area contributed by atoms with Gasteiger partial charge >= 0.3 is 5.97 Å². The summed E-state index contributed by atoms with van der Waals surface area (Å²) in [6, 6.07) is 0. The molecule has 0 aromatic carbocycles. The summed E-state index contributed by atoms with van der Waals surface area (Å²) in [4.78, 5) is 48.3. The van der Waals surface area contributed by atoms with Crippen LogP contribution in [0.1, 0.15) is 34.6 Å². The molecule has 0 spiro atoms. The summed E-state index contributed by atoms with van der Waals surface area (Å²) in [6.45, 7) is 7.31. The van der Waals surface area contributed by atoms with Gasteiger partial charge in [-0.05, 0) is 19.8 Å². The van der Waals surface area contributed by atoms with Crippen LogP contribution in [0.2, 0.25) is 0 Å². The fourth-order valence-corrected chi connectivity index (χ4v) is 2.91. The Labute approximate surface area is 146 Å². The third-order valence-corrected chi connectivity index (χ3v) is 4.78. The number of esters is 1. The van der Waals surface area contributed by atoms with E-state index in [4.69, 9.17) is 11.5 Å². The second kappa shape index (κ2) is 8.59. The van der Waals surface area contributed by atoms with Gasteiger partial charge in [0.2, 0.25) is 5.91 Å². The number of thioether (sulfide) groups is 1. The van der Waals surface area contributed by atoms with Gasteiger partial charge in [-0.2, -0.15) is 0 Å². The van der Waals surface area contributed by atoms with Crippen LogP contribution >= 0.6 is 11.8 Å². The smallest absolute Gasteiger partial charge is 0.335 e. The first kappa shape index (κ1) is 22.6. The molecule has 0 heterocycles. The highest BCUT2D eigenvalue weighted by molar-refractivity contribution is 8.14. The Hall–Kier alpha value is -1.45. The predicted molar refractivity (Wildman–Crippen MR) is 92.1 cm³/mol. The molecule has 8 nitrogen and oxygen atoms in total. The van der Waals surface area contributed by atoms with Crippen LogP contribution in [0.5, 0.6) is 0 Å². The Balaban J connectivity index is 5.44. The Bertz CT molecular complexity index is 521. The monoisotopic (exact) mass is 361 g/mol. The van der Waals surface area contributed by atoms with Crippen LogP contribution in [-0.2, 0) is 23.9 Å². The molecule has 0 rings (SSSR count). The van der Waals surface area contributed by atoms with E-state index >= 15 is 0 Å². The third kappa shape index (κ3) is 5.29. The van der Waals surface area contributed by atoms with Gasteiger partial charge < -0.3 is 21.5 Å². The van der Waals surface area contributed by atoms with E-state index in [1.165, 1.54) is 20.8 Å². The molecule has 5 N–H and O–H groups in total. The summed E-state index contributed by atoms with van der Waals surface area (Å²) in [5, 5.41) is 1.68. The Morgan fingerprint density at radius 1 is 1.21 bits per heavy atom. The predicted octanol–water partition coefficient (Wildman–Crippen LogP) is -0.416. The van der Waals surface area contributed by atoms with Crippen LogP contribution in [0.4, 0.5) is 0 Å². The van der Waals surface area contributed by atoms with Gasteiger partial charge in [0.15, 0.2) is 16.4 Å². The van der Waals surface area contributed by atoms with Crippen molar-refractivity contribution in [2.75, 3.05) is 13.7 Å². The lowest BCUT2D eigenvalue weighted by Crippen LogP contribution is -2.69. The van der Waals surface area contributed by atoms with Crippen LogP contribution in [-0.4, -0.2) is 52.8 Å². The molecule has 0 aromatic heterocycles. The van der Waals surface area contributed by atoms with E-state index in [0.29, 0.717) is 0 Å². The lowest BCUT2D eigenvalue weighted by molar-refractivity contribution is -0.153. The summed E-state index contributed by atoms with van der Waals surface area (Å²) >= 11 is 0.882. The van der Waals surface area contributed by atoms with Gasteiger partial charge in [0, 0.05) is 13.5 Å². The fourth-order valence-electron chi connectivity index (χ4n) is 2.12. The molecule has 0 aliphatic heterocycles. The highest BCUT2D eigenvalue weighted by Crippen LogP contribution is 2.22. The number of Topliss-reactive ketones (excluding diaryl/α,β-unsaturated/α-hetero) is 1. The number of nitrogens with one attached hydrogen (secondary N) is 1. The quantitative estimate of drug-likeness (QED) is 0.391. The molecule has 138 valence electrons. The summed E-state index contributed by atoms with van der Waals surface area (Å²) in [5.74, 6) is -2.38. The number of rotatable bonds is 8. The van der Waals surface area contributed by atoms with E-state index in [9.17, 15) is 19.2 Å². The molecular weight excluding hydrogens is 334 g/mol. The van der Waals surface area contributed by atoms with E-state index in [0.717, 1.165) is 18.9 Å². The molecule has 0 aliphatic carbocycles. The average Bonchev–Trinajstić information content (AvgIpc) is 2.48. The number of nitrogens with two attached hydrogens (primary N) is 2. The molecular formula is C15H27N3O5S. The number of amides is 1. The van der Waals surface area contributed by atoms with Crippen LogP contribution in [0, 0.1) is 5.92 Å². The van der Waals surface area contributed by atoms with Crippen molar-refractivity contribution in [3.63, 3.8) is 0 Å². The van der Waals surface area contributed by atoms with Crippen molar-refractivity contribution in [2.24, 2.45) is 17.4 Å². The summed E-state index contributed by atoms with van der Waals surface area (Å²) in [6.07, 6.45) is 0. The molecule has 0 fully saturated rings. The first-order valence-corrected chi connectivity index (χ1v) is 8.33. The molecule has 9 heteroatoms. The topological polar surface area (TPSA) is 142 Å². The molecule has 0 bridgehead atoms. The lowest BCUT2D eigenvalue weighted by atomic mass is 9.83. The third-order valence-electron chi connectivity index (χ3n) is 3.44.